The highest BCUT2D eigenvalue weighted by Crippen LogP contribution is 2.17. The van der Waals surface area contributed by atoms with Crippen LogP contribution in [0.4, 0.5) is 5.69 Å². The van der Waals surface area contributed by atoms with Gasteiger partial charge in [0.15, 0.2) is 0 Å². The number of rotatable bonds is 10. The summed E-state index contributed by atoms with van der Waals surface area (Å²) in [6.45, 7) is 2.93. The molecule has 0 radical (unpaired) electrons. The van der Waals surface area contributed by atoms with Crippen molar-refractivity contribution in [3.63, 3.8) is 0 Å². The molecule has 32 heavy (non-hydrogen) atoms. The Balaban J connectivity index is 1.52. The Hall–Kier alpha value is -4.20. The van der Waals surface area contributed by atoms with Crippen molar-refractivity contribution in [2.24, 2.45) is 5.10 Å². The van der Waals surface area contributed by atoms with E-state index in [9.17, 15) is 14.9 Å². The minimum Gasteiger partial charge on any atom is -0.494 e. The van der Waals surface area contributed by atoms with Crippen LogP contribution in [0.15, 0.2) is 77.9 Å². The van der Waals surface area contributed by atoms with Crippen molar-refractivity contribution in [1.82, 2.24) is 5.43 Å². The van der Waals surface area contributed by atoms with Crippen LogP contribution in [-0.4, -0.2) is 23.7 Å². The van der Waals surface area contributed by atoms with Gasteiger partial charge in [-0.25, -0.2) is 5.43 Å². The van der Waals surface area contributed by atoms with Gasteiger partial charge in [-0.1, -0.05) is 19.1 Å². The lowest BCUT2D eigenvalue weighted by molar-refractivity contribution is -0.384. The number of nitro groups is 1. The van der Waals surface area contributed by atoms with Crippen molar-refractivity contribution in [1.29, 1.82) is 0 Å². The fourth-order valence-corrected chi connectivity index (χ4v) is 2.72. The molecule has 0 fully saturated rings. The number of hydrogen-bond acceptors (Lipinski definition) is 6. The minimum absolute atomic E-state index is 0.0368. The predicted molar refractivity (Wildman–Crippen MR) is 121 cm³/mol. The van der Waals surface area contributed by atoms with Gasteiger partial charge in [-0.15, -0.1) is 0 Å². The largest absolute Gasteiger partial charge is 0.494 e. The third-order valence-electron chi connectivity index (χ3n) is 4.38. The Kier molecular flexibility index (Phi) is 7.91. The van der Waals surface area contributed by atoms with Gasteiger partial charge in [-0.05, 0) is 66.1 Å². The zero-order chi connectivity index (χ0) is 22.8. The van der Waals surface area contributed by atoms with Crippen molar-refractivity contribution >= 4 is 17.8 Å². The highest BCUT2D eigenvalue weighted by atomic mass is 16.6. The maximum atomic E-state index is 12.2. The summed E-state index contributed by atoms with van der Waals surface area (Å²) in [7, 11) is 0. The van der Waals surface area contributed by atoms with Crippen LogP contribution in [0, 0.1) is 10.1 Å². The van der Waals surface area contributed by atoms with Gasteiger partial charge in [0.25, 0.3) is 11.6 Å². The molecule has 1 N–H and O–H groups in total. The summed E-state index contributed by atoms with van der Waals surface area (Å²) >= 11 is 0. The second kappa shape index (κ2) is 11.3. The van der Waals surface area contributed by atoms with Gasteiger partial charge in [0.1, 0.15) is 18.1 Å². The number of hydrogen-bond donors (Lipinski definition) is 1. The SMILES string of the molecule is CCCOc1ccc(C(=O)N/N=C\c2cccc(OCc3ccc([N+](=O)[O-])cc3)c2)cc1. The van der Waals surface area contributed by atoms with Crippen LogP contribution < -0.4 is 14.9 Å². The first-order valence-electron chi connectivity index (χ1n) is 10.1. The Bertz CT molecular complexity index is 1080. The number of amides is 1. The molecule has 0 bridgehead atoms. The molecule has 0 spiro atoms. The molecule has 3 rings (SSSR count). The number of carbonyl (C=O) groups excluding carboxylic acids is 1. The number of benzene rings is 3. The molecule has 0 aliphatic rings. The Morgan fingerprint density at radius 3 is 2.47 bits per heavy atom. The van der Waals surface area contributed by atoms with Gasteiger partial charge < -0.3 is 9.47 Å². The van der Waals surface area contributed by atoms with Gasteiger partial charge in [0.2, 0.25) is 0 Å². The van der Waals surface area contributed by atoms with Crippen molar-refractivity contribution in [3.8, 4) is 11.5 Å². The molecule has 0 aliphatic carbocycles. The summed E-state index contributed by atoms with van der Waals surface area (Å²) in [6.07, 6.45) is 2.44. The molecule has 1 amide bonds. The van der Waals surface area contributed by atoms with Gasteiger partial charge in [-0.3, -0.25) is 14.9 Å². The average Bonchev–Trinajstić information content (AvgIpc) is 2.82. The van der Waals surface area contributed by atoms with E-state index >= 15 is 0 Å². The van der Waals surface area contributed by atoms with Crippen LogP contribution in [0.3, 0.4) is 0 Å². The summed E-state index contributed by atoms with van der Waals surface area (Å²) in [5, 5.41) is 14.7. The van der Waals surface area contributed by atoms with E-state index in [0.29, 0.717) is 17.9 Å². The number of hydrazone groups is 1. The predicted octanol–water partition coefficient (Wildman–Crippen LogP) is 4.73. The summed E-state index contributed by atoms with van der Waals surface area (Å²) in [5.41, 5.74) is 4.57. The number of non-ortho nitro benzene ring substituents is 1. The molecule has 8 heteroatoms. The van der Waals surface area contributed by atoms with Gasteiger partial charge in [0.05, 0.1) is 17.7 Å². The second-order valence-corrected chi connectivity index (χ2v) is 6.86. The van der Waals surface area contributed by atoms with Gasteiger partial charge >= 0.3 is 0 Å². The van der Waals surface area contributed by atoms with Crippen LogP contribution in [0.2, 0.25) is 0 Å². The molecule has 3 aromatic carbocycles. The normalized spacial score (nSPS) is 10.7. The van der Waals surface area contributed by atoms with Crippen LogP contribution in [0.25, 0.3) is 0 Å². The standard InChI is InChI=1S/C24H23N3O5/c1-2-14-31-22-12-8-20(9-13-22)24(28)26-25-16-19-4-3-5-23(15-19)32-17-18-6-10-21(11-7-18)27(29)30/h3-13,15-16H,2,14,17H2,1H3,(H,26,28)/b25-16-. The number of nitrogens with zero attached hydrogens (tertiary/aromatic N) is 2. The van der Waals surface area contributed by atoms with E-state index in [1.165, 1.54) is 18.3 Å². The maximum Gasteiger partial charge on any atom is 0.271 e. The third-order valence-corrected chi connectivity index (χ3v) is 4.38. The minimum atomic E-state index is -0.441. The number of ether oxygens (including phenoxy) is 2. The molecule has 0 heterocycles. The lowest BCUT2D eigenvalue weighted by Gasteiger charge is -2.07. The molecule has 0 saturated heterocycles. The van der Waals surface area contributed by atoms with Crippen LogP contribution in [-0.2, 0) is 6.61 Å². The van der Waals surface area contributed by atoms with Gasteiger partial charge in [-0.2, -0.15) is 5.10 Å². The summed E-state index contributed by atoms with van der Waals surface area (Å²) < 4.78 is 11.2. The molecular formula is C24H23N3O5. The molecule has 0 aromatic heterocycles. The third kappa shape index (κ3) is 6.66. The number of carbonyl (C=O) groups is 1. The van der Waals surface area contributed by atoms with Crippen LogP contribution >= 0.6 is 0 Å². The zero-order valence-electron chi connectivity index (χ0n) is 17.6. The molecule has 0 unspecified atom stereocenters. The van der Waals surface area contributed by atoms with E-state index < -0.39 is 4.92 Å². The Labute approximate surface area is 185 Å². The summed E-state index contributed by atoms with van der Waals surface area (Å²) in [6, 6.07) is 20.3. The number of nitrogens with one attached hydrogen (secondary N) is 1. The lowest BCUT2D eigenvalue weighted by Crippen LogP contribution is -2.17. The number of nitro benzene ring substituents is 1. The Morgan fingerprint density at radius 2 is 1.78 bits per heavy atom. The Morgan fingerprint density at radius 1 is 1.03 bits per heavy atom. The summed E-state index contributed by atoms with van der Waals surface area (Å²) in [4.78, 5) is 22.5. The monoisotopic (exact) mass is 433 g/mol. The lowest BCUT2D eigenvalue weighted by atomic mass is 10.2. The van der Waals surface area contributed by atoms with Crippen molar-refractivity contribution in [2.45, 2.75) is 20.0 Å². The fourth-order valence-electron chi connectivity index (χ4n) is 2.72. The first kappa shape index (κ1) is 22.5. The molecular weight excluding hydrogens is 410 g/mol. The molecule has 8 nitrogen and oxygen atoms in total. The van der Waals surface area contributed by atoms with E-state index in [-0.39, 0.29) is 18.2 Å². The van der Waals surface area contributed by atoms with E-state index in [0.717, 1.165) is 23.3 Å². The van der Waals surface area contributed by atoms with Crippen molar-refractivity contribution < 1.29 is 19.2 Å². The topological polar surface area (TPSA) is 103 Å². The molecule has 0 atom stereocenters. The van der Waals surface area contributed by atoms with Crippen molar-refractivity contribution in [3.05, 3.63) is 99.6 Å². The highest BCUT2D eigenvalue weighted by molar-refractivity contribution is 5.95. The smallest absolute Gasteiger partial charge is 0.271 e. The van der Waals surface area contributed by atoms with E-state index in [1.807, 2.05) is 19.1 Å². The maximum absolute atomic E-state index is 12.2. The van der Waals surface area contributed by atoms with Crippen LogP contribution in [0.5, 0.6) is 11.5 Å². The van der Waals surface area contributed by atoms with Crippen LogP contribution in [0.1, 0.15) is 34.8 Å². The second-order valence-electron chi connectivity index (χ2n) is 6.86. The highest BCUT2D eigenvalue weighted by Gasteiger charge is 2.06. The van der Waals surface area contributed by atoms with E-state index in [1.54, 1.807) is 48.5 Å². The van der Waals surface area contributed by atoms with Crippen molar-refractivity contribution in [2.75, 3.05) is 6.61 Å². The molecule has 3 aromatic rings. The first-order chi connectivity index (χ1) is 15.5. The summed E-state index contributed by atoms with van der Waals surface area (Å²) in [5.74, 6) is 1.01. The average molecular weight is 433 g/mol. The zero-order valence-corrected chi connectivity index (χ0v) is 17.6. The molecule has 164 valence electrons. The molecule has 0 aliphatic heterocycles. The van der Waals surface area contributed by atoms with E-state index in [2.05, 4.69) is 10.5 Å². The van der Waals surface area contributed by atoms with Gasteiger partial charge in [0, 0.05) is 17.7 Å². The first-order valence-corrected chi connectivity index (χ1v) is 10.1. The quantitative estimate of drug-likeness (QED) is 0.283. The molecule has 0 saturated carbocycles. The van der Waals surface area contributed by atoms with E-state index in [4.69, 9.17) is 9.47 Å². The fraction of sp³-hybridized carbons (Fsp3) is 0.167.